The Morgan fingerprint density at radius 2 is 1.50 bits per heavy atom. The first-order valence-corrected chi connectivity index (χ1v) is 23.8. The van der Waals surface area contributed by atoms with Gasteiger partial charge in [0.15, 0.2) is 11.5 Å². The normalized spacial score (nSPS) is 18.5. The number of allylic oxidation sites excluding steroid dienone is 6. The van der Waals surface area contributed by atoms with Crippen molar-refractivity contribution in [3.8, 4) is 6.07 Å². The molecule has 2 aliphatic heterocycles. The van der Waals surface area contributed by atoms with Gasteiger partial charge in [-0.25, -0.2) is 0 Å². The van der Waals surface area contributed by atoms with E-state index in [1.807, 2.05) is 37.3 Å². The number of benzene rings is 3. The van der Waals surface area contributed by atoms with Crippen LogP contribution in [0.25, 0.3) is 16.8 Å². The van der Waals surface area contributed by atoms with Crippen molar-refractivity contribution in [2.24, 2.45) is 0 Å². The second-order valence-corrected chi connectivity index (χ2v) is 19.3. The van der Waals surface area contributed by atoms with Gasteiger partial charge < -0.3 is 19.1 Å². The van der Waals surface area contributed by atoms with Gasteiger partial charge in [0, 0.05) is 58.6 Å². The molecule has 0 fully saturated rings. The minimum Gasteiger partial charge on any atom is -0.871 e. The highest BCUT2D eigenvalue weighted by atomic mass is 31.2. The van der Waals surface area contributed by atoms with Crippen molar-refractivity contribution in [3.63, 3.8) is 0 Å². The lowest BCUT2D eigenvalue weighted by atomic mass is 9.76. The highest BCUT2D eigenvalue weighted by Crippen LogP contribution is 2.57. The number of carbonyl (C=O) groups excluding carboxylic acids is 1. The van der Waals surface area contributed by atoms with Gasteiger partial charge in [-0.15, -0.1) is 0 Å². The zero-order chi connectivity index (χ0) is 43.2. The standard InChI is InChI=1S/C51H64N3O5P/c1-9-13-14-15-16-17-18-19-20-23-30-54-44-29-27-37-24-21-22-25-39(37)47(44)51(7,8)46(54)34-41-48(55)40(49(41)56)33-45-50(5,6)42-32-36(26-28-43(42)53(45)10-2)31-38(35-52)60(57,58-11-3)59-12-4/h21-22,24-29,31-34H,9-20,23,30H2,1-8H3/b38-31+. The maximum absolute atomic E-state index is 14.2. The van der Waals surface area contributed by atoms with Gasteiger partial charge in [-0.2, -0.15) is 9.84 Å². The summed E-state index contributed by atoms with van der Waals surface area (Å²) in [6.45, 7) is 18.0. The summed E-state index contributed by atoms with van der Waals surface area (Å²) in [7, 11) is -3.79. The zero-order valence-corrected chi connectivity index (χ0v) is 38.1. The average molecular weight is 830 g/mol. The number of likely N-dealkylation sites (N-methyl/N-ethyl adjacent to an activating group) is 1. The highest BCUT2D eigenvalue weighted by Gasteiger charge is 2.47. The van der Waals surface area contributed by atoms with Crippen LogP contribution in [-0.4, -0.2) is 42.4 Å². The number of nitriles is 1. The number of unbranched alkanes of at least 4 members (excludes halogenated alkanes) is 9. The molecule has 318 valence electrons. The van der Waals surface area contributed by atoms with Gasteiger partial charge in [-0.05, 0) is 93.3 Å². The molecule has 0 aromatic heterocycles. The van der Waals surface area contributed by atoms with E-state index in [1.54, 1.807) is 26.0 Å². The van der Waals surface area contributed by atoms with Crippen LogP contribution in [0, 0.1) is 11.3 Å². The van der Waals surface area contributed by atoms with Crippen LogP contribution in [0.3, 0.4) is 0 Å². The molecule has 3 aromatic carbocycles. The molecule has 0 saturated heterocycles. The Labute approximate surface area is 358 Å². The summed E-state index contributed by atoms with van der Waals surface area (Å²) in [4.78, 5) is 16.3. The lowest BCUT2D eigenvalue weighted by Crippen LogP contribution is -2.35. The van der Waals surface area contributed by atoms with Gasteiger partial charge in [0.2, 0.25) is 5.69 Å². The van der Waals surface area contributed by atoms with Crippen molar-refractivity contribution in [1.82, 2.24) is 0 Å². The molecule has 0 bridgehead atoms. The predicted molar refractivity (Wildman–Crippen MR) is 244 cm³/mol. The Kier molecular flexibility index (Phi) is 14.3. The van der Waals surface area contributed by atoms with Gasteiger partial charge in [-0.3, -0.25) is 9.36 Å². The van der Waals surface area contributed by atoms with E-state index in [9.17, 15) is 19.7 Å². The number of carbonyl (C=O) groups is 1. The molecule has 1 aliphatic carbocycles. The van der Waals surface area contributed by atoms with Crippen LogP contribution < -0.4 is 10.0 Å². The monoisotopic (exact) mass is 829 g/mol. The van der Waals surface area contributed by atoms with Gasteiger partial charge in [0.05, 0.1) is 18.6 Å². The van der Waals surface area contributed by atoms with Crippen molar-refractivity contribution in [2.75, 3.05) is 31.2 Å². The van der Waals surface area contributed by atoms with Crippen LogP contribution in [0.2, 0.25) is 0 Å². The predicted octanol–water partition coefficient (Wildman–Crippen LogP) is 12.1. The number of ketones is 1. The van der Waals surface area contributed by atoms with Crippen LogP contribution in [-0.2, 0) is 29.2 Å². The second kappa shape index (κ2) is 19.0. The van der Waals surface area contributed by atoms with Crippen molar-refractivity contribution >= 4 is 47.3 Å². The molecule has 2 heterocycles. The summed E-state index contributed by atoms with van der Waals surface area (Å²) < 4.78 is 26.8. The summed E-state index contributed by atoms with van der Waals surface area (Å²) in [5, 5.41) is 26.5. The molecule has 0 unspecified atom stereocenters. The molecule has 6 rings (SSSR count). The Hall–Kier alpha value is -4.54. The third-order valence-corrected chi connectivity index (χ3v) is 14.6. The first-order valence-electron chi connectivity index (χ1n) is 22.3. The second-order valence-electron chi connectivity index (χ2n) is 17.3. The van der Waals surface area contributed by atoms with Gasteiger partial charge >= 0.3 is 7.60 Å². The van der Waals surface area contributed by atoms with Gasteiger partial charge in [-0.1, -0.05) is 108 Å². The maximum atomic E-state index is 14.2. The summed E-state index contributed by atoms with van der Waals surface area (Å²) in [6, 6.07) is 20.7. The topological polar surface area (TPSA) is 106 Å². The number of rotatable bonds is 20. The van der Waals surface area contributed by atoms with Crippen molar-refractivity contribution < 1.29 is 28.1 Å². The van der Waals surface area contributed by atoms with Crippen LogP contribution in [0.1, 0.15) is 136 Å². The fraction of sp³-hybridized carbons (Fsp3) is 0.471. The minimum absolute atomic E-state index is 0.0627. The van der Waals surface area contributed by atoms with Crippen LogP contribution in [0.5, 0.6) is 0 Å². The van der Waals surface area contributed by atoms with E-state index in [2.05, 4.69) is 80.5 Å². The van der Waals surface area contributed by atoms with Crippen LogP contribution in [0.15, 0.2) is 94.7 Å². The summed E-state index contributed by atoms with van der Waals surface area (Å²) in [6.07, 6.45) is 17.8. The van der Waals surface area contributed by atoms with Crippen molar-refractivity contribution in [1.29, 1.82) is 5.26 Å². The van der Waals surface area contributed by atoms with E-state index in [-0.39, 0.29) is 41.2 Å². The average Bonchev–Trinajstić information content (AvgIpc) is 3.58. The minimum atomic E-state index is -3.79. The third kappa shape index (κ3) is 8.64. The number of nitrogens with zero attached hydrogens (tertiary/aromatic N) is 3. The Morgan fingerprint density at radius 3 is 2.12 bits per heavy atom. The molecule has 8 nitrogen and oxygen atoms in total. The summed E-state index contributed by atoms with van der Waals surface area (Å²) in [5.41, 5.74) is 6.24. The summed E-state index contributed by atoms with van der Waals surface area (Å²) >= 11 is 0. The zero-order valence-electron chi connectivity index (χ0n) is 37.2. The number of fused-ring (bicyclic) bond motifs is 4. The lowest BCUT2D eigenvalue weighted by molar-refractivity contribution is -0.438. The van der Waals surface area contributed by atoms with Crippen molar-refractivity contribution in [2.45, 2.75) is 130 Å². The van der Waals surface area contributed by atoms with Crippen LogP contribution >= 0.6 is 7.60 Å². The molecule has 0 radical (unpaired) electrons. The Bertz CT molecular complexity index is 2360. The van der Waals surface area contributed by atoms with Crippen molar-refractivity contribution in [3.05, 3.63) is 111 Å². The van der Waals surface area contributed by atoms with Gasteiger partial charge in [0.1, 0.15) is 17.9 Å². The molecule has 0 saturated carbocycles. The molecule has 0 N–H and O–H groups in total. The molecule has 60 heavy (non-hydrogen) atoms. The van der Waals surface area contributed by atoms with Crippen LogP contribution in [0.4, 0.5) is 11.4 Å². The molecular weight excluding hydrogens is 766 g/mol. The van der Waals surface area contributed by atoms with E-state index in [0.717, 1.165) is 47.7 Å². The van der Waals surface area contributed by atoms with Gasteiger partial charge in [0.25, 0.3) is 0 Å². The SMILES string of the molecule is CCCCCCCCCCCC[N+]1=C(/C=C2/C(=O)C(/C=C3/N(CC)c4ccc(/C=C(\C#N)P(=O)(OCC)OCC)cc4C3(C)C)=C2[O-])C(C)(C)c2c1ccc1ccccc21. The lowest BCUT2D eigenvalue weighted by Gasteiger charge is -2.32. The summed E-state index contributed by atoms with van der Waals surface area (Å²) in [5.74, 6) is -0.466. The molecule has 0 amide bonds. The first-order chi connectivity index (χ1) is 28.8. The molecule has 0 atom stereocenters. The fourth-order valence-electron chi connectivity index (χ4n) is 9.39. The molecule has 3 aliphatic rings. The first kappa shape index (κ1) is 45.0. The number of anilines is 1. The highest BCUT2D eigenvalue weighted by molar-refractivity contribution is 7.59. The largest absolute Gasteiger partial charge is 0.871 e. The van der Waals surface area contributed by atoms with E-state index in [4.69, 9.17) is 9.05 Å². The molecule has 9 heteroatoms. The smallest absolute Gasteiger partial charge is 0.371 e. The third-order valence-electron chi connectivity index (χ3n) is 12.6. The molecular formula is C51H64N3O5P. The quantitative estimate of drug-likeness (QED) is 0.0367. The van der Waals surface area contributed by atoms with E-state index < -0.39 is 18.4 Å². The maximum Gasteiger partial charge on any atom is 0.371 e. The van der Waals surface area contributed by atoms with E-state index >= 15 is 0 Å². The number of hydrogen-bond acceptors (Lipinski definition) is 7. The Balaban J connectivity index is 1.31. The fourth-order valence-corrected chi connectivity index (χ4v) is 10.9. The van der Waals surface area contributed by atoms with E-state index in [0.29, 0.717) is 12.1 Å². The molecule has 0 spiro atoms. The van der Waals surface area contributed by atoms with E-state index in [1.165, 1.54) is 67.7 Å². The number of hydrogen-bond donors (Lipinski definition) is 0. The molecule has 3 aromatic rings. The number of Topliss-reactive ketones (excluding diaryl/α,β-unsaturated/α-hetero) is 1. The Morgan fingerprint density at radius 1 is 0.850 bits per heavy atom.